The summed E-state index contributed by atoms with van der Waals surface area (Å²) in [5, 5.41) is 13.6. The molecule has 2 aromatic rings. The van der Waals surface area contributed by atoms with Crippen LogP contribution in [0.2, 0.25) is 0 Å². The van der Waals surface area contributed by atoms with Crippen LogP contribution in [0.15, 0.2) is 36.4 Å². The Balaban J connectivity index is 1.52. The minimum atomic E-state index is -4.78. The average molecular weight is 396 g/mol. The van der Waals surface area contributed by atoms with Gasteiger partial charge in [-0.05, 0) is 49.7 Å². The number of alkyl halides is 3. The molecule has 1 saturated heterocycles. The van der Waals surface area contributed by atoms with E-state index in [0.29, 0.717) is 11.4 Å². The molecule has 0 aliphatic carbocycles. The summed E-state index contributed by atoms with van der Waals surface area (Å²) in [5.41, 5.74) is 0.373. The van der Waals surface area contributed by atoms with E-state index in [9.17, 15) is 18.0 Å². The molecule has 3 rings (SSSR count). The third-order valence-electron chi connectivity index (χ3n) is 3.98. The van der Waals surface area contributed by atoms with Crippen molar-refractivity contribution in [1.29, 1.82) is 0 Å². The lowest BCUT2D eigenvalue weighted by Crippen LogP contribution is -2.34. The van der Waals surface area contributed by atoms with E-state index in [0.717, 1.165) is 32.0 Å². The average Bonchev–Trinajstić information content (AvgIpc) is 2.63. The molecule has 28 heavy (non-hydrogen) atoms. The first-order valence-corrected chi connectivity index (χ1v) is 8.73. The molecule has 1 amide bonds. The highest BCUT2D eigenvalue weighted by Gasteiger charge is 2.31. The number of nitrogens with one attached hydrogen (secondary N) is 2. The molecule has 0 bridgehead atoms. The highest BCUT2D eigenvalue weighted by Crippen LogP contribution is 2.23. The number of aromatic nitrogens is 2. The molecular weight excluding hydrogens is 377 g/mol. The first-order valence-electron chi connectivity index (χ1n) is 8.73. The van der Waals surface area contributed by atoms with E-state index in [4.69, 9.17) is 4.74 Å². The number of carbonyl (C=O) groups is 1. The van der Waals surface area contributed by atoms with Gasteiger partial charge in [0.1, 0.15) is 11.9 Å². The normalized spacial score (nSPS) is 15.1. The van der Waals surface area contributed by atoms with E-state index >= 15 is 0 Å². The number of ether oxygens (including phenoxy) is 2. The molecule has 1 aromatic heterocycles. The van der Waals surface area contributed by atoms with Gasteiger partial charge >= 0.3 is 6.36 Å². The van der Waals surface area contributed by atoms with Gasteiger partial charge in [-0.2, -0.15) is 0 Å². The molecule has 2 N–H and O–H groups in total. The van der Waals surface area contributed by atoms with Crippen LogP contribution >= 0.6 is 0 Å². The SMILES string of the molecule is O=C(Cc1cccc(OC(F)(F)F)c1)Nc1ccc(OC2CCNCC2)nn1. The van der Waals surface area contributed by atoms with Gasteiger partial charge in [0.25, 0.3) is 0 Å². The molecule has 0 radical (unpaired) electrons. The van der Waals surface area contributed by atoms with Crippen molar-refractivity contribution in [2.24, 2.45) is 0 Å². The summed E-state index contributed by atoms with van der Waals surface area (Å²) < 4.78 is 46.4. The summed E-state index contributed by atoms with van der Waals surface area (Å²) in [4.78, 5) is 12.1. The molecule has 0 saturated carbocycles. The molecule has 0 atom stereocenters. The Bertz CT molecular complexity index is 793. The zero-order valence-electron chi connectivity index (χ0n) is 14.8. The third kappa shape index (κ3) is 6.38. The largest absolute Gasteiger partial charge is 0.573 e. The Morgan fingerprint density at radius 2 is 1.96 bits per heavy atom. The zero-order chi connectivity index (χ0) is 20.0. The quantitative estimate of drug-likeness (QED) is 0.781. The van der Waals surface area contributed by atoms with Crippen LogP contribution in [0.4, 0.5) is 19.0 Å². The first-order chi connectivity index (χ1) is 13.4. The summed E-state index contributed by atoms with van der Waals surface area (Å²) in [6, 6.07) is 8.42. The zero-order valence-corrected chi connectivity index (χ0v) is 14.8. The van der Waals surface area contributed by atoms with E-state index in [1.54, 1.807) is 12.1 Å². The molecule has 150 valence electrons. The van der Waals surface area contributed by atoms with Crippen LogP contribution in [-0.4, -0.2) is 41.7 Å². The third-order valence-corrected chi connectivity index (χ3v) is 3.98. The van der Waals surface area contributed by atoms with Crippen molar-refractivity contribution in [3.63, 3.8) is 0 Å². The number of amides is 1. The maximum Gasteiger partial charge on any atom is 0.573 e. The summed E-state index contributed by atoms with van der Waals surface area (Å²) in [5.74, 6) is -0.213. The molecule has 1 fully saturated rings. The number of piperidine rings is 1. The lowest BCUT2D eigenvalue weighted by Gasteiger charge is -2.22. The van der Waals surface area contributed by atoms with Crippen molar-refractivity contribution >= 4 is 11.7 Å². The molecule has 10 heteroatoms. The summed E-state index contributed by atoms with van der Waals surface area (Å²) in [7, 11) is 0. The number of carbonyl (C=O) groups excluding carboxylic acids is 1. The van der Waals surface area contributed by atoms with Crippen molar-refractivity contribution < 1.29 is 27.4 Å². The topological polar surface area (TPSA) is 85.4 Å². The summed E-state index contributed by atoms with van der Waals surface area (Å²) in [6.45, 7) is 1.78. The lowest BCUT2D eigenvalue weighted by atomic mass is 10.1. The van der Waals surface area contributed by atoms with Crippen molar-refractivity contribution in [2.45, 2.75) is 31.7 Å². The highest BCUT2D eigenvalue weighted by molar-refractivity contribution is 5.91. The smallest absolute Gasteiger partial charge is 0.473 e. The van der Waals surface area contributed by atoms with Gasteiger partial charge in [-0.1, -0.05) is 12.1 Å². The van der Waals surface area contributed by atoms with Crippen molar-refractivity contribution in [1.82, 2.24) is 15.5 Å². The molecule has 2 heterocycles. The molecule has 7 nitrogen and oxygen atoms in total. The van der Waals surface area contributed by atoms with Crippen LogP contribution in [0.1, 0.15) is 18.4 Å². The minimum absolute atomic E-state index is 0.0854. The van der Waals surface area contributed by atoms with E-state index in [1.807, 2.05) is 0 Å². The number of halogens is 3. The first kappa shape index (κ1) is 19.9. The van der Waals surface area contributed by atoms with Crippen molar-refractivity contribution in [3.05, 3.63) is 42.0 Å². The molecule has 1 aliphatic rings. The predicted octanol–water partition coefficient (Wildman–Crippen LogP) is 2.69. The second-order valence-electron chi connectivity index (χ2n) is 6.24. The predicted molar refractivity (Wildman–Crippen MR) is 94.0 cm³/mol. The molecular formula is C18H19F3N4O3. The molecule has 1 aliphatic heterocycles. The fourth-order valence-electron chi connectivity index (χ4n) is 2.76. The van der Waals surface area contributed by atoms with E-state index in [1.165, 1.54) is 18.2 Å². The van der Waals surface area contributed by atoms with Gasteiger partial charge < -0.3 is 20.1 Å². The molecule has 1 aromatic carbocycles. The van der Waals surface area contributed by atoms with Crippen LogP contribution < -0.4 is 20.1 Å². The minimum Gasteiger partial charge on any atom is -0.473 e. The van der Waals surface area contributed by atoms with Crippen molar-refractivity contribution in [3.8, 4) is 11.6 Å². The maximum atomic E-state index is 12.3. The lowest BCUT2D eigenvalue weighted by molar-refractivity contribution is -0.274. The second-order valence-corrected chi connectivity index (χ2v) is 6.24. The number of rotatable bonds is 6. The van der Waals surface area contributed by atoms with Gasteiger partial charge in [0.15, 0.2) is 5.82 Å². The Labute approximate surface area is 159 Å². The Hall–Kier alpha value is -2.88. The Morgan fingerprint density at radius 3 is 2.64 bits per heavy atom. The standard InChI is InChI=1S/C18H19F3N4O3/c19-18(20,21)28-14-3-1-2-12(10-14)11-16(26)23-15-4-5-17(25-24-15)27-13-6-8-22-9-7-13/h1-5,10,13,22H,6-9,11H2,(H,23,24,26). The van der Waals surface area contributed by atoms with Crippen molar-refractivity contribution in [2.75, 3.05) is 18.4 Å². The van der Waals surface area contributed by atoms with E-state index < -0.39 is 12.3 Å². The summed E-state index contributed by atoms with van der Waals surface area (Å²) >= 11 is 0. The van der Waals surface area contributed by atoms with Gasteiger partial charge in [0.05, 0.1) is 6.42 Å². The van der Waals surface area contributed by atoms with Crippen LogP contribution in [0.3, 0.4) is 0 Å². The number of nitrogens with zero attached hydrogens (tertiary/aromatic N) is 2. The molecule has 0 unspecified atom stereocenters. The van der Waals surface area contributed by atoms with Crippen LogP contribution in [0.25, 0.3) is 0 Å². The summed E-state index contributed by atoms with van der Waals surface area (Å²) in [6.07, 6.45) is -3.06. The second kappa shape index (κ2) is 8.87. The van der Waals surface area contributed by atoms with Gasteiger partial charge in [0.2, 0.25) is 11.8 Å². The van der Waals surface area contributed by atoms with Crippen LogP contribution in [-0.2, 0) is 11.2 Å². The Morgan fingerprint density at radius 1 is 1.18 bits per heavy atom. The van der Waals surface area contributed by atoms with Crippen LogP contribution in [0.5, 0.6) is 11.6 Å². The number of benzene rings is 1. The Kier molecular flexibility index (Phi) is 6.30. The van der Waals surface area contributed by atoms with E-state index in [2.05, 4.69) is 25.6 Å². The van der Waals surface area contributed by atoms with Gasteiger partial charge in [-0.25, -0.2) is 0 Å². The molecule has 0 spiro atoms. The number of anilines is 1. The van der Waals surface area contributed by atoms with Gasteiger partial charge in [0, 0.05) is 6.07 Å². The fraction of sp³-hybridized carbons (Fsp3) is 0.389. The van der Waals surface area contributed by atoms with Gasteiger partial charge in [-0.15, -0.1) is 23.4 Å². The van der Waals surface area contributed by atoms with Gasteiger partial charge in [-0.3, -0.25) is 4.79 Å². The monoisotopic (exact) mass is 396 g/mol. The van der Waals surface area contributed by atoms with E-state index in [-0.39, 0.29) is 24.1 Å². The highest BCUT2D eigenvalue weighted by atomic mass is 19.4. The number of hydrogen-bond acceptors (Lipinski definition) is 6. The number of hydrogen-bond donors (Lipinski definition) is 2. The van der Waals surface area contributed by atoms with Crippen LogP contribution in [0, 0.1) is 0 Å². The maximum absolute atomic E-state index is 12.3. The fourth-order valence-corrected chi connectivity index (χ4v) is 2.76.